The lowest BCUT2D eigenvalue weighted by molar-refractivity contribution is -0.0493. The molecule has 0 amide bonds. The van der Waals surface area contributed by atoms with Crippen LogP contribution < -0.4 is 14.8 Å². The quantitative estimate of drug-likeness (QED) is 0.881. The highest BCUT2D eigenvalue weighted by molar-refractivity contribution is 5.56. The van der Waals surface area contributed by atoms with E-state index in [2.05, 4.69) is 15.0 Å². The number of benzene rings is 1. The summed E-state index contributed by atoms with van der Waals surface area (Å²) >= 11 is 0. The average Bonchev–Trinajstić information content (AvgIpc) is 2.46. The molecule has 20 heavy (non-hydrogen) atoms. The lowest BCUT2D eigenvalue weighted by Gasteiger charge is -2.13. The highest BCUT2D eigenvalue weighted by Gasteiger charge is 2.09. The summed E-state index contributed by atoms with van der Waals surface area (Å²) in [7, 11) is 1.53. The van der Waals surface area contributed by atoms with Crippen molar-refractivity contribution in [3.05, 3.63) is 48.2 Å². The molecule has 1 aromatic heterocycles. The number of anilines is 1. The van der Waals surface area contributed by atoms with Gasteiger partial charge in [-0.3, -0.25) is 0 Å². The molecule has 0 atom stereocenters. The van der Waals surface area contributed by atoms with Gasteiger partial charge in [0, 0.05) is 18.3 Å². The highest BCUT2D eigenvalue weighted by Crippen LogP contribution is 2.26. The lowest BCUT2D eigenvalue weighted by Crippen LogP contribution is -2.07. The Kier molecular flexibility index (Phi) is 4.70. The Labute approximate surface area is 115 Å². The number of halogens is 2. The van der Waals surface area contributed by atoms with E-state index in [-0.39, 0.29) is 5.75 Å². The Bertz CT molecular complexity index is 564. The van der Waals surface area contributed by atoms with E-state index in [0.29, 0.717) is 18.1 Å². The maximum absolute atomic E-state index is 12.3. The first-order chi connectivity index (χ1) is 9.70. The van der Waals surface area contributed by atoms with Crippen LogP contribution in [0.15, 0.2) is 42.6 Å². The third-order valence-electron chi connectivity index (χ3n) is 2.62. The second kappa shape index (κ2) is 6.70. The SMILES string of the molecule is COc1ncccc1CNc1ccccc1OC(F)F. The van der Waals surface area contributed by atoms with Gasteiger partial charge in [-0.2, -0.15) is 8.78 Å². The van der Waals surface area contributed by atoms with E-state index in [0.717, 1.165) is 5.56 Å². The number of alkyl halides is 2. The lowest BCUT2D eigenvalue weighted by atomic mass is 10.2. The molecule has 4 nitrogen and oxygen atoms in total. The third kappa shape index (κ3) is 3.57. The van der Waals surface area contributed by atoms with Crippen molar-refractivity contribution >= 4 is 5.69 Å². The van der Waals surface area contributed by atoms with Crippen molar-refractivity contribution in [2.75, 3.05) is 12.4 Å². The Morgan fingerprint density at radius 3 is 2.75 bits per heavy atom. The zero-order chi connectivity index (χ0) is 14.4. The van der Waals surface area contributed by atoms with E-state index in [9.17, 15) is 8.78 Å². The second-order valence-electron chi connectivity index (χ2n) is 3.90. The zero-order valence-corrected chi connectivity index (χ0v) is 10.8. The number of ether oxygens (including phenoxy) is 2. The van der Waals surface area contributed by atoms with Gasteiger partial charge in [-0.15, -0.1) is 0 Å². The smallest absolute Gasteiger partial charge is 0.387 e. The summed E-state index contributed by atoms with van der Waals surface area (Å²) in [6.07, 6.45) is 1.62. The van der Waals surface area contributed by atoms with Crippen molar-refractivity contribution in [2.45, 2.75) is 13.2 Å². The van der Waals surface area contributed by atoms with E-state index >= 15 is 0 Å². The summed E-state index contributed by atoms with van der Waals surface area (Å²) in [5, 5.41) is 3.03. The number of pyridine rings is 1. The highest BCUT2D eigenvalue weighted by atomic mass is 19.3. The van der Waals surface area contributed by atoms with Crippen LogP contribution in [0.5, 0.6) is 11.6 Å². The molecule has 1 aromatic carbocycles. The van der Waals surface area contributed by atoms with Crippen LogP contribution >= 0.6 is 0 Å². The molecule has 0 saturated heterocycles. The molecule has 1 heterocycles. The fraction of sp³-hybridized carbons (Fsp3) is 0.214. The largest absolute Gasteiger partial charge is 0.481 e. The normalized spacial score (nSPS) is 10.4. The number of nitrogens with zero attached hydrogens (tertiary/aromatic N) is 1. The van der Waals surface area contributed by atoms with Gasteiger partial charge < -0.3 is 14.8 Å². The van der Waals surface area contributed by atoms with Gasteiger partial charge in [0.25, 0.3) is 0 Å². The van der Waals surface area contributed by atoms with Crippen molar-refractivity contribution in [1.82, 2.24) is 4.98 Å². The van der Waals surface area contributed by atoms with Gasteiger partial charge in [-0.1, -0.05) is 18.2 Å². The molecule has 0 unspecified atom stereocenters. The molecule has 0 aliphatic heterocycles. The average molecular weight is 280 g/mol. The minimum atomic E-state index is -2.86. The molecule has 0 radical (unpaired) electrons. The Balaban J connectivity index is 2.11. The first-order valence-corrected chi connectivity index (χ1v) is 5.96. The van der Waals surface area contributed by atoms with E-state index in [1.165, 1.54) is 13.2 Å². The molecule has 2 aromatic rings. The van der Waals surface area contributed by atoms with Gasteiger partial charge in [0.2, 0.25) is 5.88 Å². The number of hydrogen-bond acceptors (Lipinski definition) is 4. The van der Waals surface area contributed by atoms with Gasteiger partial charge in [0.15, 0.2) is 0 Å². The summed E-state index contributed by atoms with van der Waals surface area (Å²) in [5.74, 6) is 0.595. The first-order valence-electron chi connectivity index (χ1n) is 5.96. The summed E-state index contributed by atoms with van der Waals surface area (Å²) in [5.41, 5.74) is 1.31. The molecule has 0 spiro atoms. The van der Waals surface area contributed by atoms with Crippen LogP contribution in [-0.2, 0) is 6.54 Å². The van der Waals surface area contributed by atoms with Crippen LogP contribution in [-0.4, -0.2) is 18.7 Å². The fourth-order valence-corrected chi connectivity index (χ4v) is 1.74. The number of hydrogen-bond donors (Lipinski definition) is 1. The predicted molar refractivity (Wildman–Crippen MR) is 71.2 cm³/mol. The standard InChI is InChI=1S/C14H14F2N2O2/c1-19-13-10(5-4-8-17-13)9-18-11-6-2-3-7-12(11)20-14(15)16/h2-8,14,18H,9H2,1H3. The van der Waals surface area contributed by atoms with Crippen LogP contribution in [0.25, 0.3) is 0 Å². The summed E-state index contributed by atoms with van der Waals surface area (Å²) in [6.45, 7) is -2.47. The van der Waals surface area contributed by atoms with Gasteiger partial charge in [0.1, 0.15) is 5.75 Å². The summed E-state index contributed by atoms with van der Waals surface area (Å²) in [4.78, 5) is 4.07. The number of para-hydroxylation sites is 2. The topological polar surface area (TPSA) is 43.4 Å². The minimum Gasteiger partial charge on any atom is -0.481 e. The molecular formula is C14H14F2N2O2. The maximum atomic E-state index is 12.3. The first kappa shape index (κ1) is 14.0. The molecule has 0 aliphatic rings. The van der Waals surface area contributed by atoms with Crippen molar-refractivity contribution in [1.29, 1.82) is 0 Å². The zero-order valence-electron chi connectivity index (χ0n) is 10.8. The Hall–Kier alpha value is -2.37. The number of nitrogens with one attached hydrogen (secondary N) is 1. The van der Waals surface area contributed by atoms with Crippen molar-refractivity contribution in [3.63, 3.8) is 0 Å². The number of aromatic nitrogens is 1. The monoisotopic (exact) mass is 280 g/mol. The Morgan fingerprint density at radius 1 is 1.20 bits per heavy atom. The molecule has 0 fully saturated rings. The van der Waals surface area contributed by atoms with Crippen LogP contribution in [0.2, 0.25) is 0 Å². The predicted octanol–water partition coefficient (Wildman–Crippen LogP) is 3.30. The molecule has 0 aliphatic carbocycles. The number of rotatable bonds is 6. The second-order valence-corrected chi connectivity index (χ2v) is 3.90. The molecule has 0 saturated carbocycles. The van der Waals surface area contributed by atoms with E-state index in [1.807, 2.05) is 6.07 Å². The molecule has 1 N–H and O–H groups in total. The summed E-state index contributed by atoms with van der Waals surface area (Å²) < 4.78 is 34.2. The molecule has 2 rings (SSSR count). The van der Waals surface area contributed by atoms with Gasteiger partial charge in [-0.05, 0) is 18.2 Å². The van der Waals surface area contributed by atoms with Crippen molar-refractivity contribution in [2.24, 2.45) is 0 Å². The van der Waals surface area contributed by atoms with Crippen molar-refractivity contribution < 1.29 is 18.3 Å². The fourth-order valence-electron chi connectivity index (χ4n) is 1.74. The Morgan fingerprint density at radius 2 is 2.00 bits per heavy atom. The third-order valence-corrected chi connectivity index (χ3v) is 2.62. The van der Waals surface area contributed by atoms with E-state index in [1.54, 1.807) is 30.5 Å². The van der Waals surface area contributed by atoms with Gasteiger partial charge in [-0.25, -0.2) is 4.98 Å². The van der Waals surface area contributed by atoms with Crippen LogP contribution in [0.1, 0.15) is 5.56 Å². The number of methoxy groups -OCH3 is 1. The molecule has 106 valence electrons. The molecule has 0 bridgehead atoms. The van der Waals surface area contributed by atoms with Gasteiger partial charge >= 0.3 is 6.61 Å². The minimum absolute atomic E-state index is 0.102. The van der Waals surface area contributed by atoms with Crippen molar-refractivity contribution in [3.8, 4) is 11.6 Å². The van der Waals surface area contributed by atoms with Crippen LogP contribution in [0.3, 0.4) is 0 Å². The molecular weight excluding hydrogens is 266 g/mol. The summed E-state index contributed by atoms with van der Waals surface area (Å²) in [6, 6.07) is 10.1. The maximum Gasteiger partial charge on any atom is 0.387 e. The van der Waals surface area contributed by atoms with E-state index < -0.39 is 6.61 Å². The van der Waals surface area contributed by atoms with E-state index in [4.69, 9.17) is 4.74 Å². The van der Waals surface area contributed by atoms with Crippen LogP contribution in [0, 0.1) is 0 Å². The van der Waals surface area contributed by atoms with Crippen LogP contribution in [0.4, 0.5) is 14.5 Å². The van der Waals surface area contributed by atoms with Gasteiger partial charge in [0.05, 0.1) is 12.8 Å². The molecule has 6 heteroatoms.